The fraction of sp³-hybridized carbons (Fsp3) is 0.600. The molecular formula is C15H24N2O3S. The summed E-state index contributed by atoms with van der Waals surface area (Å²) in [5.74, 6) is -0.224. The molecule has 1 aromatic rings. The maximum absolute atomic E-state index is 11.9. The summed E-state index contributed by atoms with van der Waals surface area (Å²) in [6.45, 7) is 7.52. The summed E-state index contributed by atoms with van der Waals surface area (Å²) in [5.41, 5.74) is -0.943. The van der Waals surface area contributed by atoms with Gasteiger partial charge >= 0.3 is 0 Å². The molecule has 0 saturated carbocycles. The molecule has 0 aliphatic rings. The van der Waals surface area contributed by atoms with Crippen molar-refractivity contribution in [1.82, 2.24) is 10.6 Å². The molecule has 0 fully saturated rings. The van der Waals surface area contributed by atoms with Crippen LogP contribution in [0.3, 0.4) is 0 Å². The van der Waals surface area contributed by atoms with Crippen molar-refractivity contribution < 1.29 is 14.7 Å². The summed E-state index contributed by atoms with van der Waals surface area (Å²) >= 11 is 1.33. The number of carbonyl (C=O) groups excluding carboxylic acids is 2. The van der Waals surface area contributed by atoms with Gasteiger partial charge in [0.05, 0.1) is 10.5 Å². The number of thiophene rings is 1. The summed E-state index contributed by atoms with van der Waals surface area (Å²) in [6.07, 6.45) is 0.600. The van der Waals surface area contributed by atoms with Crippen LogP contribution in [0, 0.1) is 5.92 Å². The van der Waals surface area contributed by atoms with Crippen LogP contribution in [0.5, 0.6) is 0 Å². The van der Waals surface area contributed by atoms with Gasteiger partial charge in [0.2, 0.25) is 5.91 Å². The molecule has 2 atom stereocenters. The Bertz CT molecular complexity index is 469. The first-order valence-corrected chi connectivity index (χ1v) is 7.93. The summed E-state index contributed by atoms with van der Waals surface area (Å²) in [7, 11) is 0. The van der Waals surface area contributed by atoms with Crippen molar-refractivity contribution in [3.63, 3.8) is 0 Å². The van der Waals surface area contributed by atoms with Gasteiger partial charge in [0, 0.05) is 6.54 Å². The van der Waals surface area contributed by atoms with Crippen molar-refractivity contribution in [3.05, 3.63) is 22.4 Å². The fourth-order valence-electron chi connectivity index (χ4n) is 2.12. The Morgan fingerprint density at radius 1 is 1.38 bits per heavy atom. The normalized spacial score (nSPS) is 15.3. The van der Waals surface area contributed by atoms with Crippen molar-refractivity contribution in [2.45, 2.75) is 45.8 Å². The second kappa shape index (κ2) is 7.56. The number of carbonyl (C=O) groups is 2. The fourth-order valence-corrected chi connectivity index (χ4v) is 2.75. The molecule has 1 aromatic heterocycles. The summed E-state index contributed by atoms with van der Waals surface area (Å²) < 4.78 is 0. The van der Waals surface area contributed by atoms with Gasteiger partial charge in [0.1, 0.15) is 6.04 Å². The van der Waals surface area contributed by atoms with Crippen molar-refractivity contribution >= 4 is 23.2 Å². The van der Waals surface area contributed by atoms with E-state index in [0.717, 1.165) is 0 Å². The van der Waals surface area contributed by atoms with Crippen LogP contribution in [0.4, 0.5) is 0 Å². The standard InChI is InChI=1S/C15H24N2O3S/c1-10(2)8-15(4,20)9-16-13(18)11(3)17-14(19)12-6-5-7-21-12/h5-7,10-11,20H,8-9H2,1-4H3,(H,16,18)(H,17,19). The van der Waals surface area contributed by atoms with E-state index in [0.29, 0.717) is 17.2 Å². The quantitative estimate of drug-likeness (QED) is 0.718. The second-order valence-electron chi connectivity index (χ2n) is 5.99. The minimum absolute atomic E-state index is 0.170. The van der Waals surface area contributed by atoms with Crippen LogP contribution in [-0.2, 0) is 4.79 Å². The molecular weight excluding hydrogens is 288 g/mol. The van der Waals surface area contributed by atoms with Crippen LogP contribution in [-0.4, -0.2) is 35.1 Å². The number of aliphatic hydroxyl groups is 1. The summed E-state index contributed by atoms with van der Waals surface area (Å²) in [4.78, 5) is 24.4. The summed E-state index contributed by atoms with van der Waals surface area (Å²) in [6, 6.07) is 2.85. The lowest BCUT2D eigenvalue weighted by Gasteiger charge is -2.26. The van der Waals surface area contributed by atoms with Crippen molar-refractivity contribution in [3.8, 4) is 0 Å². The van der Waals surface area contributed by atoms with E-state index in [9.17, 15) is 14.7 Å². The molecule has 6 heteroatoms. The third kappa shape index (κ3) is 6.27. The van der Waals surface area contributed by atoms with Crippen LogP contribution in [0.25, 0.3) is 0 Å². The second-order valence-corrected chi connectivity index (χ2v) is 6.93. The lowest BCUT2D eigenvalue weighted by molar-refractivity contribution is -0.123. The third-order valence-electron chi connectivity index (χ3n) is 2.98. The van der Waals surface area contributed by atoms with Gasteiger partial charge in [-0.2, -0.15) is 0 Å². The highest BCUT2D eigenvalue weighted by Crippen LogP contribution is 2.15. The number of hydrogen-bond donors (Lipinski definition) is 3. The molecule has 0 bridgehead atoms. The van der Waals surface area contributed by atoms with Crippen LogP contribution in [0.15, 0.2) is 17.5 Å². The lowest BCUT2D eigenvalue weighted by Crippen LogP contribution is -2.49. The first-order valence-electron chi connectivity index (χ1n) is 7.06. The Morgan fingerprint density at radius 3 is 2.57 bits per heavy atom. The Morgan fingerprint density at radius 2 is 2.05 bits per heavy atom. The van der Waals surface area contributed by atoms with Crippen molar-refractivity contribution in [2.24, 2.45) is 5.92 Å². The molecule has 2 amide bonds. The number of hydrogen-bond acceptors (Lipinski definition) is 4. The average Bonchev–Trinajstić information content (AvgIpc) is 2.88. The maximum Gasteiger partial charge on any atom is 0.261 e. The van der Waals surface area contributed by atoms with Crippen molar-refractivity contribution in [2.75, 3.05) is 6.54 Å². The Kier molecular flexibility index (Phi) is 6.36. The molecule has 0 aromatic carbocycles. The molecule has 118 valence electrons. The van der Waals surface area contributed by atoms with Gasteiger partial charge in [0.25, 0.3) is 5.91 Å². The first-order chi connectivity index (χ1) is 9.71. The van der Waals surface area contributed by atoms with E-state index >= 15 is 0 Å². The Hall–Kier alpha value is -1.40. The minimum atomic E-state index is -0.943. The molecule has 3 N–H and O–H groups in total. The minimum Gasteiger partial charge on any atom is -0.388 e. The summed E-state index contributed by atoms with van der Waals surface area (Å²) in [5, 5.41) is 17.3. The van der Waals surface area contributed by atoms with E-state index < -0.39 is 11.6 Å². The molecule has 0 aliphatic heterocycles. The van der Waals surface area contributed by atoms with Gasteiger partial charge in [-0.3, -0.25) is 9.59 Å². The van der Waals surface area contributed by atoms with Gasteiger partial charge in [-0.15, -0.1) is 11.3 Å². The monoisotopic (exact) mass is 312 g/mol. The average molecular weight is 312 g/mol. The molecule has 0 spiro atoms. The van der Waals surface area contributed by atoms with Gasteiger partial charge in [-0.25, -0.2) is 0 Å². The van der Waals surface area contributed by atoms with E-state index in [1.807, 2.05) is 19.2 Å². The molecule has 2 unspecified atom stereocenters. The topological polar surface area (TPSA) is 78.4 Å². The van der Waals surface area contributed by atoms with E-state index in [1.165, 1.54) is 11.3 Å². The zero-order valence-electron chi connectivity index (χ0n) is 13.0. The predicted molar refractivity (Wildman–Crippen MR) is 84.3 cm³/mol. The first kappa shape index (κ1) is 17.7. The maximum atomic E-state index is 11.9. The highest BCUT2D eigenvalue weighted by molar-refractivity contribution is 7.12. The van der Waals surface area contributed by atoms with Crippen LogP contribution in [0.1, 0.15) is 43.8 Å². The number of amides is 2. The lowest BCUT2D eigenvalue weighted by atomic mass is 9.94. The number of rotatable bonds is 7. The molecule has 0 radical (unpaired) electrons. The Balaban J connectivity index is 2.43. The SMILES string of the molecule is CC(C)CC(C)(O)CNC(=O)C(C)NC(=O)c1cccs1. The number of nitrogens with one attached hydrogen (secondary N) is 2. The van der Waals surface area contributed by atoms with Crippen molar-refractivity contribution in [1.29, 1.82) is 0 Å². The van der Waals surface area contributed by atoms with Crippen LogP contribution >= 0.6 is 11.3 Å². The third-order valence-corrected chi connectivity index (χ3v) is 3.85. The molecule has 0 aliphatic carbocycles. The molecule has 0 saturated heterocycles. The molecule has 1 heterocycles. The molecule has 5 nitrogen and oxygen atoms in total. The largest absolute Gasteiger partial charge is 0.388 e. The van der Waals surface area contributed by atoms with Gasteiger partial charge < -0.3 is 15.7 Å². The Labute approximate surface area is 129 Å². The van der Waals surface area contributed by atoms with E-state index in [4.69, 9.17) is 0 Å². The highest BCUT2D eigenvalue weighted by Gasteiger charge is 2.24. The molecule has 1 rings (SSSR count). The van der Waals surface area contributed by atoms with Crippen LogP contribution in [0.2, 0.25) is 0 Å². The highest BCUT2D eigenvalue weighted by atomic mass is 32.1. The van der Waals surface area contributed by atoms with E-state index in [1.54, 1.807) is 26.0 Å². The predicted octanol–water partition coefficient (Wildman–Crippen LogP) is 1.78. The van der Waals surface area contributed by atoms with Gasteiger partial charge in [-0.05, 0) is 37.6 Å². The molecule has 21 heavy (non-hydrogen) atoms. The zero-order chi connectivity index (χ0) is 16.0. The van der Waals surface area contributed by atoms with Crippen LogP contribution < -0.4 is 10.6 Å². The van der Waals surface area contributed by atoms with E-state index in [2.05, 4.69) is 10.6 Å². The smallest absolute Gasteiger partial charge is 0.261 e. The van der Waals surface area contributed by atoms with Gasteiger partial charge in [-0.1, -0.05) is 19.9 Å². The zero-order valence-corrected chi connectivity index (χ0v) is 13.8. The van der Waals surface area contributed by atoms with E-state index in [-0.39, 0.29) is 18.4 Å². The van der Waals surface area contributed by atoms with Gasteiger partial charge in [0.15, 0.2) is 0 Å².